The van der Waals surface area contributed by atoms with Crippen LogP contribution < -0.4 is 10.6 Å². The maximum absolute atomic E-state index is 11.1. The molecule has 5 heteroatoms. The summed E-state index contributed by atoms with van der Waals surface area (Å²) in [7, 11) is -2.80. The highest BCUT2D eigenvalue weighted by Gasteiger charge is 2.34. The molecule has 1 saturated carbocycles. The van der Waals surface area contributed by atoms with E-state index in [1.54, 1.807) is 0 Å². The standard InChI is InChI=1S/C13H26N2O2S/c1-18(16,17)10-4-9-15-12-6-2-5-11(12)13-7-3-8-14-13/h11-15H,2-10H2,1H3. The molecule has 0 spiro atoms. The summed E-state index contributed by atoms with van der Waals surface area (Å²) in [5, 5.41) is 7.18. The highest BCUT2D eigenvalue weighted by molar-refractivity contribution is 7.90. The van der Waals surface area contributed by atoms with E-state index in [4.69, 9.17) is 0 Å². The third-order valence-electron chi connectivity index (χ3n) is 4.28. The molecule has 0 bridgehead atoms. The first kappa shape index (κ1) is 14.3. The van der Waals surface area contributed by atoms with Gasteiger partial charge in [-0.25, -0.2) is 8.42 Å². The normalized spacial score (nSPS) is 33.1. The molecule has 18 heavy (non-hydrogen) atoms. The van der Waals surface area contributed by atoms with Gasteiger partial charge in [-0.2, -0.15) is 0 Å². The fourth-order valence-electron chi connectivity index (χ4n) is 3.42. The molecule has 1 aliphatic heterocycles. The molecule has 1 saturated heterocycles. The summed E-state index contributed by atoms with van der Waals surface area (Å²) in [6.45, 7) is 2.00. The molecule has 3 atom stereocenters. The molecule has 0 amide bonds. The second-order valence-corrected chi connectivity index (χ2v) is 8.10. The van der Waals surface area contributed by atoms with E-state index in [-0.39, 0.29) is 0 Å². The van der Waals surface area contributed by atoms with Crippen molar-refractivity contribution in [2.45, 2.75) is 50.6 Å². The van der Waals surface area contributed by atoms with Crippen molar-refractivity contribution < 1.29 is 8.42 Å². The summed E-state index contributed by atoms with van der Waals surface area (Å²) in [6, 6.07) is 1.29. The largest absolute Gasteiger partial charge is 0.314 e. The first-order valence-corrected chi connectivity index (χ1v) is 9.27. The number of nitrogens with one attached hydrogen (secondary N) is 2. The van der Waals surface area contributed by atoms with Crippen LogP contribution in [0, 0.1) is 5.92 Å². The van der Waals surface area contributed by atoms with E-state index >= 15 is 0 Å². The minimum atomic E-state index is -2.80. The first-order chi connectivity index (χ1) is 8.56. The van der Waals surface area contributed by atoms with Crippen molar-refractivity contribution in [3.63, 3.8) is 0 Å². The molecule has 2 rings (SSSR count). The van der Waals surface area contributed by atoms with Crippen molar-refractivity contribution in [1.29, 1.82) is 0 Å². The van der Waals surface area contributed by atoms with E-state index < -0.39 is 9.84 Å². The monoisotopic (exact) mass is 274 g/mol. The lowest BCUT2D eigenvalue weighted by atomic mass is 9.93. The van der Waals surface area contributed by atoms with E-state index in [1.807, 2.05) is 0 Å². The van der Waals surface area contributed by atoms with Gasteiger partial charge in [-0.15, -0.1) is 0 Å². The molecular weight excluding hydrogens is 248 g/mol. The third-order valence-corrected chi connectivity index (χ3v) is 5.31. The van der Waals surface area contributed by atoms with Crippen LogP contribution in [0.4, 0.5) is 0 Å². The summed E-state index contributed by atoms with van der Waals surface area (Å²) in [5.41, 5.74) is 0. The van der Waals surface area contributed by atoms with Gasteiger partial charge in [-0.05, 0) is 51.1 Å². The predicted molar refractivity (Wildman–Crippen MR) is 74.5 cm³/mol. The van der Waals surface area contributed by atoms with Crippen molar-refractivity contribution in [2.75, 3.05) is 25.1 Å². The van der Waals surface area contributed by atoms with Gasteiger partial charge >= 0.3 is 0 Å². The number of sulfone groups is 1. The molecule has 1 aliphatic carbocycles. The summed E-state index contributed by atoms with van der Waals surface area (Å²) < 4.78 is 22.1. The second kappa shape index (κ2) is 6.35. The van der Waals surface area contributed by atoms with Crippen LogP contribution in [-0.4, -0.2) is 45.6 Å². The van der Waals surface area contributed by atoms with Crippen LogP contribution in [0.25, 0.3) is 0 Å². The molecule has 1 heterocycles. The molecule has 0 aromatic rings. The van der Waals surface area contributed by atoms with Gasteiger partial charge in [0, 0.05) is 18.3 Å². The molecule has 0 aromatic carbocycles. The number of hydrogen-bond donors (Lipinski definition) is 2. The maximum atomic E-state index is 11.1. The lowest BCUT2D eigenvalue weighted by Gasteiger charge is -2.26. The van der Waals surface area contributed by atoms with Crippen LogP contribution >= 0.6 is 0 Å². The van der Waals surface area contributed by atoms with Crippen molar-refractivity contribution >= 4 is 9.84 Å². The van der Waals surface area contributed by atoms with Crippen molar-refractivity contribution in [1.82, 2.24) is 10.6 Å². The van der Waals surface area contributed by atoms with E-state index in [0.29, 0.717) is 17.8 Å². The van der Waals surface area contributed by atoms with E-state index in [1.165, 1.54) is 44.9 Å². The highest BCUT2D eigenvalue weighted by Crippen LogP contribution is 2.31. The fraction of sp³-hybridized carbons (Fsp3) is 1.00. The molecule has 2 fully saturated rings. The van der Waals surface area contributed by atoms with E-state index in [2.05, 4.69) is 10.6 Å². The van der Waals surface area contributed by atoms with Gasteiger partial charge in [-0.1, -0.05) is 6.42 Å². The van der Waals surface area contributed by atoms with Gasteiger partial charge in [0.15, 0.2) is 0 Å². The van der Waals surface area contributed by atoms with Crippen LogP contribution in [0.15, 0.2) is 0 Å². The SMILES string of the molecule is CS(=O)(=O)CCCNC1CCCC1C1CCCN1. The Kier molecular flexibility index (Phi) is 5.04. The second-order valence-electron chi connectivity index (χ2n) is 5.84. The number of hydrogen-bond acceptors (Lipinski definition) is 4. The zero-order valence-corrected chi connectivity index (χ0v) is 12.1. The average molecular weight is 274 g/mol. The molecule has 4 nitrogen and oxygen atoms in total. The Labute approximate surface area is 111 Å². The number of rotatable bonds is 6. The molecular formula is C13H26N2O2S. The van der Waals surface area contributed by atoms with Crippen molar-refractivity contribution in [2.24, 2.45) is 5.92 Å². The van der Waals surface area contributed by atoms with Gasteiger partial charge in [0.25, 0.3) is 0 Å². The summed E-state index contributed by atoms with van der Waals surface area (Å²) in [5.74, 6) is 1.06. The molecule has 0 aromatic heterocycles. The molecule has 106 valence electrons. The van der Waals surface area contributed by atoms with Gasteiger partial charge in [0.2, 0.25) is 0 Å². The molecule has 0 radical (unpaired) electrons. The zero-order valence-electron chi connectivity index (χ0n) is 11.3. The molecule has 2 aliphatic rings. The Hall–Kier alpha value is -0.130. The summed E-state index contributed by atoms with van der Waals surface area (Å²) in [6.07, 6.45) is 8.55. The fourth-order valence-corrected chi connectivity index (χ4v) is 4.09. The van der Waals surface area contributed by atoms with Crippen LogP contribution in [0.2, 0.25) is 0 Å². The maximum Gasteiger partial charge on any atom is 0.147 e. The smallest absolute Gasteiger partial charge is 0.147 e. The molecule has 2 N–H and O–H groups in total. The molecule has 3 unspecified atom stereocenters. The quantitative estimate of drug-likeness (QED) is 0.708. The lowest BCUT2D eigenvalue weighted by molar-refractivity contribution is 0.321. The van der Waals surface area contributed by atoms with E-state index in [0.717, 1.165) is 18.9 Å². The zero-order chi connectivity index (χ0) is 13.0. The summed E-state index contributed by atoms with van der Waals surface area (Å²) >= 11 is 0. The minimum absolute atomic E-state index is 0.305. The highest BCUT2D eigenvalue weighted by atomic mass is 32.2. The lowest BCUT2D eigenvalue weighted by Crippen LogP contribution is -2.42. The predicted octanol–water partition coefficient (Wildman–Crippen LogP) is 0.931. The summed E-state index contributed by atoms with van der Waals surface area (Å²) in [4.78, 5) is 0. The minimum Gasteiger partial charge on any atom is -0.314 e. The van der Waals surface area contributed by atoms with Crippen molar-refractivity contribution in [3.8, 4) is 0 Å². The first-order valence-electron chi connectivity index (χ1n) is 7.21. The van der Waals surface area contributed by atoms with Crippen LogP contribution in [0.3, 0.4) is 0 Å². The van der Waals surface area contributed by atoms with Crippen molar-refractivity contribution in [3.05, 3.63) is 0 Å². The van der Waals surface area contributed by atoms with Gasteiger partial charge in [-0.3, -0.25) is 0 Å². The van der Waals surface area contributed by atoms with Gasteiger partial charge in [0.05, 0.1) is 5.75 Å². The Morgan fingerprint density at radius 1 is 1.22 bits per heavy atom. The third kappa shape index (κ3) is 4.21. The Balaban J connectivity index is 1.71. The van der Waals surface area contributed by atoms with Gasteiger partial charge < -0.3 is 10.6 Å². The topological polar surface area (TPSA) is 58.2 Å². The van der Waals surface area contributed by atoms with Crippen LogP contribution in [-0.2, 0) is 9.84 Å². The average Bonchev–Trinajstić information content (AvgIpc) is 2.93. The Morgan fingerprint density at radius 3 is 2.72 bits per heavy atom. The van der Waals surface area contributed by atoms with Crippen LogP contribution in [0.1, 0.15) is 38.5 Å². The Morgan fingerprint density at radius 2 is 2.06 bits per heavy atom. The Bertz CT molecular complexity index is 350. The van der Waals surface area contributed by atoms with Gasteiger partial charge in [0.1, 0.15) is 9.84 Å². The van der Waals surface area contributed by atoms with Crippen LogP contribution in [0.5, 0.6) is 0 Å². The van der Waals surface area contributed by atoms with E-state index in [9.17, 15) is 8.42 Å².